The zero-order valence-corrected chi connectivity index (χ0v) is 20.7. The van der Waals surface area contributed by atoms with Crippen LogP contribution in [0.2, 0.25) is 0 Å². The number of aldehydes is 1. The second-order valence-electron chi connectivity index (χ2n) is 8.50. The molecule has 20 nitrogen and oxygen atoms in total. The molecule has 0 radical (unpaired) electrons. The predicted octanol–water partition coefficient (Wildman–Crippen LogP) is -8.38. The first-order valence-corrected chi connectivity index (χ1v) is 12.4. The minimum Gasteiger partial charge on any atom is -0.394 e. The molecule has 0 aromatic heterocycles. The van der Waals surface area contributed by atoms with Crippen LogP contribution in [-0.4, -0.2) is 186 Å². The molecule has 0 aromatic carbocycles. The highest BCUT2D eigenvalue weighted by atomic mass is 32.3. The molecular weight excluding hydrogens is 568 g/mol. The van der Waals surface area contributed by atoms with Crippen LogP contribution in [0.25, 0.3) is 0 Å². The molecule has 2 heterocycles. The first-order valence-electron chi connectivity index (χ1n) is 11.0. The molecule has 0 aliphatic carbocycles. The third-order valence-corrected chi connectivity index (χ3v) is 5.61. The third-order valence-electron chi connectivity index (χ3n) is 5.61. The predicted molar refractivity (Wildman–Crippen MR) is 117 cm³/mol. The number of rotatable bonds is 11. The van der Waals surface area contributed by atoms with Crippen molar-refractivity contribution in [2.24, 2.45) is 0 Å². The molecule has 0 aromatic rings. The number of ether oxygens (including phenoxy) is 4. The lowest BCUT2D eigenvalue weighted by atomic mass is 9.98. The van der Waals surface area contributed by atoms with E-state index < -0.39 is 116 Å². The minimum atomic E-state index is -4.67. The minimum absolute atomic E-state index is 0.0623. The molecule has 0 unspecified atom stereocenters. The third kappa shape index (κ3) is 10.7. The summed E-state index contributed by atoms with van der Waals surface area (Å²) in [6, 6.07) is 0. The summed E-state index contributed by atoms with van der Waals surface area (Å²) in [5.41, 5.74) is 0. The van der Waals surface area contributed by atoms with E-state index in [1.54, 1.807) is 0 Å². The molecular formula is C18H34O20S. The van der Waals surface area contributed by atoms with Crippen LogP contribution in [0.5, 0.6) is 0 Å². The van der Waals surface area contributed by atoms with Crippen molar-refractivity contribution in [3.8, 4) is 0 Å². The Labute approximate surface area is 220 Å². The summed E-state index contributed by atoms with van der Waals surface area (Å²) in [5, 5.41) is 107. The van der Waals surface area contributed by atoms with Gasteiger partial charge < -0.3 is 79.9 Å². The monoisotopic (exact) mass is 602 g/mol. The fraction of sp³-hybridized carbons (Fsp3) is 0.944. The lowest BCUT2D eigenvalue weighted by Gasteiger charge is -2.42. The maximum absolute atomic E-state index is 10.5. The topological polar surface area (TPSA) is 351 Å². The van der Waals surface area contributed by atoms with E-state index in [1.165, 1.54) is 0 Å². The highest BCUT2D eigenvalue weighted by Crippen LogP contribution is 2.26. The fourth-order valence-electron chi connectivity index (χ4n) is 3.39. The Morgan fingerprint density at radius 3 is 1.62 bits per heavy atom. The van der Waals surface area contributed by atoms with E-state index >= 15 is 0 Å². The highest BCUT2D eigenvalue weighted by molar-refractivity contribution is 7.79. The van der Waals surface area contributed by atoms with E-state index in [0.717, 1.165) is 0 Å². The molecule has 232 valence electrons. The number of aliphatic hydroxyl groups is 11. The van der Waals surface area contributed by atoms with Gasteiger partial charge in [0.15, 0.2) is 18.9 Å². The summed E-state index contributed by atoms with van der Waals surface area (Å²) in [5.74, 6) is 0. The molecule has 2 saturated heterocycles. The van der Waals surface area contributed by atoms with Crippen molar-refractivity contribution in [1.82, 2.24) is 0 Å². The van der Waals surface area contributed by atoms with Crippen LogP contribution in [0.1, 0.15) is 0 Å². The van der Waals surface area contributed by atoms with Crippen molar-refractivity contribution in [1.29, 1.82) is 0 Å². The lowest BCUT2D eigenvalue weighted by molar-refractivity contribution is -0.333. The average Bonchev–Trinajstić information content (AvgIpc) is 2.87. The number of carbonyl (C=O) groups excluding carboxylic acids is 1. The van der Waals surface area contributed by atoms with E-state index in [2.05, 4.69) is 0 Å². The molecule has 0 amide bonds. The van der Waals surface area contributed by atoms with Crippen LogP contribution >= 0.6 is 0 Å². The first kappa shape index (κ1) is 36.0. The average molecular weight is 603 g/mol. The Morgan fingerprint density at radius 1 is 0.718 bits per heavy atom. The molecule has 0 saturated carbocycles. The standard InChI is InChI=1S/C18H32O16.H2O4S/c19-1-5(21)9(23)10(24)6(22)3-31-17-16(30)14(28)12(26)8(34-17)4-32-18-15(29)13(27)11(25)7(2-20)33-18;1-5(2,3)4/h1,5-18,20-30H,2-4H2;(H2,1,2,3,4)/t5-,6+,7+,8+,9+,10+,11+,12+,13-,14-,15+,16+,17-,18-;/m0./s1. The summed E-state index contributed by atoms with van der Waals surface area (Å²) < 4.78 is 52.4. The van der Waals surface area contributed by atoms with Gasteiger partial charge >= 0.3 is 10.4 Å². The highest BCUT2D eigenvalue weighted by Gasteiger charge is 2.47. The fourth-order valence-corrected chi connectivity index (χ4v) is 3.39. The quantitative estimate of drug-likeness (QED) is 0.0770. The van der Waals surface area contributed by atoms with Gasteiger partial charge in [0, 0.05) is 0 Å². The Morgan fingerprint density at radius 2 is 1.15 bits per heavy atom. The Kier molecular flexibility index (Phi) is 14.6. The normalized spacial score (nSPS) is 38.6. The van der Waals surface area contributed by atoms with Crippen molar-refractivity contribution in [2.75, 3.05) is 19.8 Å². The number of hydrogen-bond acceptors (Lipinski definition) is 18. The molecule has 2 aliphatic heterocycles. The van der Waals surface area contributed by atoms with Gasteiger partial charge in [0.2, 0.25) is 0 Å². The second-order valence-corrected chi connectivity index (χ2v) is 9.40. The molecule has 2 rings (SSSR count). The van der Waals surface area contributed by atoms with E-state index in [0.29, 0.717) is 0 Å². The lowest BCUT2D eigenvalue weighted by Crippen LogP contribution is -2.62. The Hall–Kier alpha value is -1.06. The molecule has 39 heavy (non-hydrogen) atoms. The zero-order valence-electron chi connectivity index (χ0n) is 19.9. The number of hydrogen-bond donors (Lipinski definition) is 13. The van der Waals surface area contributed by atoms with Crippen LogP contribution in [0.15, 0.2) is 0 Å². The van der Waals surface area contributed by atoms with E-state index in [9.17, 15) is 61.0 Å². The van der Waals surface area contributed by atoms with Gasteiger partial charge in [-0.2, -0.15) is 8.42 Å². The van der Waals surface area contributed by atoms with Gasteiger partial charge in [0.1, 0.15) is 73.2 Å². The summed E-state index contributed by atoms with van der Waals surface area (Å²) in [6.07, 6.45) is -24.4. The molecule has 0 spiro atoms. The van der Waals surface area contributed by atoms with Crippen LogP contribution in [0.3, 0.4) is 0 Å². The van der Waals surface area contributed by atoms with Crippen molar-refractivity contribution >= 4 is 16.7 Å². The summed E-state index contributed by atoms with van der Waals surface area (Å²) >= 11 is 0. The maximum Gasteiger partial charge on any atom is 0.394 e. The van der Waals surface area contributed by atoms with Crippen LogP contribution < -0.4 is 0 Å². The summed E-state index contributed by atoms with van der Waals surface area (Å²) in [4.78, 5) is 10.5. The van der Waals surface area contributed by atoms with Gasteiger partial charge in [-0.1, -0.05) is 0 Å². The zero-order chi connectivity index (χ0) is 30.2. The smallest absolute Gasteiger partial charge is 0.394 e. The molecule has 14 atom stereocenters. The number of carbonyl (C=O) groups is 1. The van der Waals surface area contributed by atoms with Gasteiger partial charge in [-0.25, -0.2) is 0 Å². The van der Waals surface area contributed by atoms with Crippen molar-refractivity contribution in [3.05, 3.63) is 0 Å². The second kappa shape index (κ2) is 15.8. The Balaban J connectivity index is 0.00000139. The molecule has 2 fully saturated rings. The van der Waals surface area contributed by atoms with Crippen LogP contribution in [0.4, 0.5) is 0 Å². The van der Waals surface area contributed by atoms with Crippen molar-refractivity contribution in [2.45, 2.75) is 85.8 Å². The van der Waals surface area contributed by atoms with Crippen LogP contribution in [0, 0.1) is 0 Å². The molecule has 0 bridgehead atoms. The van der Waals surface area contributed by atoms with Gasteiger partial charge in [-0.15, -0.1) is 0 Å². The van der Waals surface area contributed by atoms with Crippen molar-refractivity contribution in [3.63, 3.8) is 0 Å². The molecule has 21 heteroatoms. The van der Waals surface area contributed by atoms with Gasteiger partial charge in [0.05, 0.1) is 19.8 Å². The van der Waals surface area contributed by atoms with E-state index in [4.69, 9.17) is 36.5 Å². The van der Waals surface area contributed by atoms with E-state index in [-0.39, 0.29) is 6.29 Å². The van der Waals surface area contributed by atoms with Crippen molar-refractivity contribution < 1.29 is 97.4 Å². The summed E-state index contributed by atoms with van der Waals surface area (Å²) in [6.45, 7) is -2.13. The largest absolute Gasteiger partial charge is 0.394 e. The van der Waals surface area contributed by atoms with Gasteiger partial charge in [-0.05, 0) is 0 Å². The van der Waals surface area contributed by atoms with Gasteiger partial charge in [-0.3, -0.25) is 9.11 Å². The van der Waals surface area contributed by atoms with Crippen LogP contribution in [-0.2, 0) is 34.1 Å². The Bertz CT molecular complexity index is 819. The number of aliphatic hydroxyl groups excluding tert-OH is 11. The SMILES string of the molecule is O=C[C@H](O)[C@@H](O)[C@H](O)[C@H](O)CO[C@H]1O[C@H](CO[C@H]2O[C@H](CO)[C@@H](O)[C@H](O)[C@H]2O)[C@@H](O)[C@H](O)[C@H]1O.O=S(=O)(O)O. The first-order chi connectivity index (χ1) is 17.9. The maximum atomic E-state index is 10.5. The summed E-state index contributed by atoms with van der Waals surface area (Å²) in [7, 11) is -4.67. The molecule has 13 N–H and O–H groups in total. The van der Waals surface area contributed by atoms with Gasteiger partial charge in [0.25, 0.3) is 0 Å². The van der Waals surface area contributed by atoms with E-state index in [1.807, 2.05) is 0 Å². The molecule has 2 aliphatic rings.